The topological polar surface area (TPSA) is 91.0 Å². The van der Waals surface area contributed by atoms with Gasteiger partial charge in [0.1, 0.15) is 12.2 Å². The van der Waals surface area contributed by atoms with Crippen LogP contribution in [0.1, 0.15) is 66.6 Å². The minimum Gasteiger partial charge on any atom is -0.343 e. The van der Waals surface area contributed by atoms with Gasteiger partial charge in [-0.15, -0.1) is 0 Å². The number of amides is 2. The molecule has 0 radical (unpaired) electrons. The van der Waals surface area contributed by atoms with Gasteiger partial charge in [-0.05, 0) is 28.7 Å². The fourth-order valence-corrected chi connectivity index (χ4v) is 4.61. The SMILES string of the molecule is CC(C)c1ccc([C@@H](NC(=O)[C@@H]2C[C@@H](F)CN2C(=O)Cc2cn[nH]n2)c2ccccc2)cc1C(F)F. The Morgan fingerprint density at radius 3 is 2.50 bits per heavy atom. The van der Waals surface area contributed by atoms with Crippen molar-refractivity contribution < 1.29 is 22.8 Å². The van der Waals surface area contributed by atoms with Gasteiger partial charge >= 0.3 is 0 Å². The van der Waals surface area contributed by atoms with Gasteiger partial charge in [-0.2, -0.15) is 15.4 Å². The van der Waals surface area contributed by atoms with E-state index in [-0.39, 0.29) is 30.9 Å². The predicted molar refractivity (Wildman–Crippen MR) is 127 cm³/mol. The molecule has 0 unspecified atom stereocenters. The van der Waals surface area contributed by atoms with Crippen molar-refractivity contribution in [1.29, 1.82) is 0 Å². The molecule has 3 aromatic rings. The number of rotatable bonds is 8. The van der Waals surface area contributed by atoms with E-state index in [1.165, 1.54) is 17.2 Å². The van der Waals surface area contributed by atoms with E-state index in [9.17, 15) is 22.8 Å². The number of aromatic amines is 1. The molecule has 2 aromatic carbocycles. The fourth-order valence-electron chi connectivity index (χ4n) is 4.61. The van der Waals surface area contributed by atoms with E-state index in [0.717, 1.165) is 0 Å². The summed E-state index contributed by atoms with van der Waals surface area (Å²) < 4.78 is 42.2. The van der Waals surface area contributed by atoms with E-state index in [4.69, 9.17) is 0 Å². The highest BCUT2D eigenvalue weighted by molar-refractivity contribution is 5.89. The van der Waals surface area contributed by atoms with E-state index in [1.807, 2.05) is 19.9 Å². The fraction of sp³-hybridized carbons (Fsp3) is 0.385. The van der Waals surface area contributed by atoms with Crippen molar-refractivity contribution in [3.05, 3.63) is 82.7 Å². The lowest BCUT2D eigenvalue weighted by atomic mass is 9.91. The number of alkyl halides is 3. The first-order chi connectivity index (χ1) is 17.2. The highest BCUT2D eigenvalue weighted by Crippen LogP contribution is 2.33. The van der Waals surface area contributed by atoms with Gasteiger partial charge in [0, 0.05) is 12.0 Å². The lowest BCUT2D eigenvalue weighted by molar-refractivity contribution is -0.138. The van der Waals surface area contributed by atoms with Crippen LogP contribution >= 0.6 is 0 Å². The lowest BCUT2D eigenvalue weighted by Gasteiger charge is -2.27. The maximum atomic E-state index is 14.4. The standard InChI is InChI=1S/C26H28F3N5O2/c1-15(2)20-9-8-17(10-21(20)25(28)29)24(16-6-4-3-5-7-16)31-26(36)22-11-18(27)14-34(22)23(35)12-19-13-30-33-32-19/h3-10,13,15,18,22,24-25H,11-12,14H2,1-2H3,(H,31,36)(H,30,32,33)/t18-,22+,24+/m1/s1. The Kier molecular flexibility index (Phi) is 7.71. The molecule has 1 fully saturated rings. The minimum atomic E-state index is -2.68. The second-order valence-electron chi connectivity index (χ2n) is 9.23. The van der Waals surface area contributed by atoms with Gasteiger partial charge in [-0.25, -0.2) is 13.2 Å². The Morgan fingerprint density at radius 1 is 1.11 bits per heavy atom. The number of nitrogens with one attached hydrogen (secondary N) is 2. The first-order valence-corrected chi connectivity index (χ1v) is 11.8. The highest BCUT2D eigenvalue weighted by Gasteiger charge is 2.40. The smallest absolute Gasteiger partial charge is 0.264 e. The zero-order valence-electron chi connectivity index (χ0n) is 20.0. The zero-order valence-corrected chi connectivity index (χ0v) is 20.0. The normalized spacial score (nSPS) is 18.6. The third-order valence-corrected chi connectivity index (χ3v) is 6.39. The van der Waals surface area contributed by atoms with Crippen molar-refractivity contribution >= 4 is 11.8 Å². The van der Waals surface area contributed by atoms with Gasteiger partial charge in [0.25, 0.3) is 6.43 Å². The number of likely N-dealkylation sites (tertiary alicyclic amines) is 1. The van der Waals surface area contributed by atoms with Gasteiger partial charge in [0.15, 0.2) is 0 Å². The monoisotopic (exact) mass is 499 g/mol. The first kappa shape index (κ1) is 25.4. The van der Waals surface area contributed by atoms with Gasteiger partial charge in [-0.3, -0.25) is 9.59 Å². The van der Waals surface area contributed by atoms with Gasteiger partial charge in [0.05, 0.1) is 30.9 Å². The van der Waals surface area contributed by atoms with Crippen molar-refractivity contribution in [1.82, 2.24) is 25.6 Å². The van der Waals surface area contributed by atoms with Gasteiger partial charge < -0.3 is 10.2 Å². The number of H-pyrrole nitrogens is 1. The van der Waals surface area contributed by atoms with Crippen molar-refractivity contribution in [3.8, 4) is 0 Å². The number of hydrogen-bond acceptors (Lipinski definition) is 4. The minimum absolute atomic E-state index is 0.0909. The molecule has 1 aliphatic rings. The third-order valence-electron chi connectivity index (χ3n) is 6.39. The second-order valence-corrected chi connectivity index (χ2v) is 9.23. The predicted octanol–water partition coefficient (Wildman–Crippen LogP) is 4.25. The number of aromatic nitrogens is 3. The van der Waals surface area contributed by atoms with Crippen LogP contribution in [0, 0.1) is 0 Å². The molecule has 0 saturated carbocycles. The Hall–Kier alpha value is -3.69. The molecule has 7 nitrogen and oxygen atoms in total. The summed E-state index contributed by atoms with van der Waals surface area (Å²) in [5.41, 5.74) is 1.98. The molecule has 36 heavy (non-hydrogen) atoms. The summed E-state index contributed by atoms with van der Waals surface area (Å²) in [6.45, 7) is 3.48. The van der Waals surface area contributed by atoms with Crippen LogP contribution in [0.5, 0.6) is 0 Å². The van der Waals surface area contributed by atoms with E-state index in [2.05, 4.69) is 20.7 Å². The highest BCUT2D eigenvalue weighted by atomic mass is 19.3. The van der Waals surface area contributed by atoms with Crippen molar-refractivity contribution in [2.45, 2.75) is 57.3 Å². The number of benzene rings is 2. The maximum absolute atomic E-state index is 14.4. The molecule has 3 atom stereocenters. The van der Waals surface area contributed by atoms with Crippen LogP contribution in [0.3, 0.4) is 0 Å². The zero-order chi connectivity index (χ0) is 25.8. The third kappa shape index (κ3) is 5.58. The summed E-state index contributed by atoms with van der Waals surface area (Å²) >= 11 is 0. The van der Waals surface area contributed by atoms with E-state index in [1.54, 1.807) is 36.4 Å². The molecule has 10 heteroatoms. The van der Waals surface area contributed by atoms with Gasteiger partial charge in [-0.1, -0.05) is 56.3 Å². The summed E-state index contributed by atoms with van der Waals surface area (Å²) in [6, 6.07) is 11.9. The van der Waals surface area contributed by atoms with Crippen molar-refractivity contribution in [2.24, 2.45) is 0 Å². The summed E-state index contributed by atoms with van der Waals surface area (Å²) in [7, 11) is 0. The first-order valence-electron chi connectivity index (χ1n) is 11.8. The number of hydrogen-bond donors (Lipinski definition) is 2. The summed E-state index contributed by atoms with van der Waals surface area (Å²) in [6.07, 6.45) is -2.91. The Balaban J connectivity index is 1.62. The van der Waals surface area contributed by atoms with Gasteiger partial charge in [0.2, 0.25) is 11.8 Å². The Labute approximate surface area is 207 Å². The Bertz CT molecular complexity index is 1190. The summed E-state index contributed by atoms with van der Waals surface area (Å²) in [4.78, 5) is 27.5. The average Bonchev–Trinajstić information content (AvgIpc) is 3.52. The van der Waals surface area contributed by atoms with Crippen LogP contribution in [-0.2, 0) is 16.0 Å². The maximum Gasteiger partial charge on any atom is 0.264 e. The quantitative estimate of drug-likeness (QED) is 0.485. The average molecular weight is 500 g/mol. The molecule has 1 saturated heterocycles. The van der Waals surface area contributed by atoms with Crippen LogP contribution < -0.4 is 5.32 Å². The van der Waals surface area contributed by atoms with E-state index in [0.29, 0.717) is 22.4 Å². The number of nitrogens with zero attached hydrogens (tertiary/aromatic N) is 3. The molecule has 1 aliphatic heterocycles. The van der Waals surface area contributed by atoms with Crippen molar-refractivity contribution in [2.75, 3.05) is 6.54 Å². The molecular weight excluding hydrogens is 471 g/mol. The second kappa shape index (κ2) is 10.9. The Morgan fingerprint density at radius 2 is 1.86 bits per heavy atom. The molecule has 0 bridgehead atoms. The molecule has 0 spiro atoms. The van der Waals surface area contributed by atoms with Crippen LogP contribution in [0.4, 0.5) is 13.2 Å². The largest absolute Gasteiger partial charge is 0.343 e. The lowest BCUT2D eigenvalue weighted by Crippen LogP contribution is -2.47. The molecule has 2 heterocycles. The van der Waals surface area contributed by atoms with E-state index < -0.39 is 36.5 Å². The van der Waals surface area contributed by atoms with E-state index >= 15 is 0 Å². The van der Waals surface area contributed by atoms with Crippen LogP contribution in [-0.4, -0.2) is 50.9 Å². The van der Waals surface area contributed by atoms with Crippen LogP contribution in [0.2, 0.25) is 0 Å². The molecule has 2 amide bonds. The van der Waals surface area contributed by atoms with Crippen LogP contribution in [0.15, 0.2) is 54.7 Å². The molecule has 190 valence electrons. The van der Waals surface area contributed by atoms with Crippen molar-refractivity contribution in [3.63, 3.8) is 0 Å². The molecular formula is C26H28F3N5O2. The summed E-state index contributed by atoms with van der Waals surface area (Å²) in [5.74, 6) is -1.09. The molecule has 0 aliphatic carbocycles. The molecule has 2 N–H and O–H groups in total. The molecule has 1 aromatic heterocycles. The number of carbonyl (C=O) groups is 2. The summed E-state index contributed by atoms with van der Waals surface area (Å²) in [5, 5.41) is 12.8. The van der Waals surface area contributed by atoms with Crippen LogP contribution in [0.25, 0.3) is 0 Å². The molecule has 4 rings (SSSR count). The number of halogens is 3. The number of carbonyl (C=O) groups excluding carboxylic acids is 2.